The average Bonchev–Trinajstić information content (AvgIpc) is 2.17. The summed E-state index contributed by atoms with van der Waals surface area (Å²) in [5, 5.41) is 2.57. The molecule has 3 heteroatoms. The number of hydrogen-bond donors (Lipinski definition) is 0. The third-order valence-corrected chi connectivity index (χ3v) is 2.33. The molecular formula is C11H12O2S. The lowest BCUT2D eigenvalue weighted by molar-refractivity contribution is -0.136. The Balaban J connectivity index is 2.68. The summed E-state index contributed by atoms with van der Waals surface area (Å²) in [5.41, 5.74) is 1.20. The maximum atomic E-state index is 10.9. The molecule has 1 aromatic rings. The second kappa shape index (κ2) is 5.43. The first kappa shape index (κ1) is 10.8. The smallest absolute Gasteiger partial charge is 0.386 e. The summed E-state index contributed by atoms with van der Waals surface area (Å²) in [6.45, 7) is 4.18. The summed E-state index contributed by atoms with van der Waals surface area (Å²) < 4.78 is 4.72. The van der Waals surface area contributed by atoms with E-state index in [1.807, 2.05) is 31.2 Å². The Kier molecular flexibility index (Phi) is 4.17. The zero-order valence-electron chi connectivity index (χ0n) is 8.24. The van der Waals surface area contributed by atoms with Gasteiger partial charge in [-0.1, -0.05) is 28.9 Å². The molecule has 0 amide bonds. The van der Waals surface area contributed by atoms with E-state index in [-0.39, 0.29) is 0 Å². The number of esters is 1. The second-order valence-corrected chi connectivity index (χ2v) is 3.62. The molecular weight excluding hydrogens is 196 g/mol. The molecule has 0 N–H and O–H groups in total. The Bertz CT molecular complexity index is 371. The first-order valence-corrected chi connectivity index (χ1v) is 5.20. The molecule has 74 valence electrons. The summed E-state index contributed by atoms with van der Waals surface area (Å²) in [4.78, 5) is 11.9. The Morgan fingerprint density at radius 3 is 2.64 bits per heavy atom. The Morgan fingerprint density at radius 1 is 1.43 bits per heavy atom. The lowest BCUT2D eigenvalue weighted by Crippen LogP contribution is -1.98. The van der Waals surface area contributed by atoms with Crippen molar-refractivity contribution in [1.29, 1.82) is 0 Å². The van der Waals surface area contributed by atoms with E-state index in [0.29, 0.717) is 6.61 Å². The number of rotatable bonds is 1. The van der Waals surface area contributed by atoms with Crippen LogP contribution in [0.3, 0.4) is 0 Å². The maximum absolute atomic E-state index is 10.9. The molecule has 0 radical (unpaired) electrons. The predicted octanol–water partition coefficient (Wildman–Crippen LogP) is 2.61. The van der Waals surface area contributed by atoms with Crippen LogP contribution in [0.5, 0.6) is 0 Å². The van der Waals surface area contributed by atoms with E-state index < -0.39 is 5.97 Å². The molecule has 14 heavy (non-hydrogen) atoms. The number of ether oxygens (including phenoxy) is 1. The van der Waals surface area contributed by atoms with E-state index in [2.05, 4.69) is 5.18 Å². The molecule has 1 aromatic carbocycles. The molecule has 2 nitrogen and oxygen atoms in total. The molecule has 0 saturated heterocycles. The predicted molar refractivity (Wildman–Crippen MR) is 57.6 cm³/mol. The van der Waals surface area contributed by atoms with E-state index >= 15 is 0 Å². The lowest BCUT2D eigenvalue weighted by atomic mass is 10.2. The Labute approximate surface area is 87.5 Å². The van der Waals surface area contributed by atoms with Gasteiger partial charge in [0.2, 0.25) is 0 Å². The summed E-state index contributed by atoms with van der Waals surface area (Å²) >= 11 is 1.25. The first-order valence-electron chi connectivity index (χ1n) is 4.38. The van der Waals surface area contributed by atoms with Crippen molar-refractivity contribution in [1.82, 2.24) is 0 Å². The molecule has 0 aromatic heterocycles. The zero-order chi connectivity index (χ0) is 10.4. The SMILES string of the molecule is CCOC(=O)C#Sc1ccc(C)cc1. The molecule has 0 aliphatic rings. The highest BCUT2D eigenvalue weighted by Gasteiger charge is 1.92. The van der Waals surface area contributed by atoms with Gasteiger partial charge in [0.1, 0.15) is 0 Å². The third kappa shape index (κ3) is 3.60. The van der Waals surface area contributed by atoms with Gasteiger partial charge in [-0.3, -0.25) is 0 Å². The van der Waals surface area contributed by atoms with Gasteiger partial charge in [0, 0.05) is 10.1 Å². The van der Waals surface area contributed by atoms with Gasteiger partial charge >= 0.3 is 5.97 Å². The molecule has 0 spiro atoms. The van der Waals surface area contributed by atoms with Gasteiger partial charge in [-0.25, -0.2) is 4.79 Å². The maximum Gasteiger partial charge on any atom is 0.386 e. The number of benzene rings is 1. The number of aryl methyl sites for hydroxylation is 1. The van der Waals surface area contributed by atoms with Gasteiger partial charge in [0.05, 0.1) is 6.61 Å². The minimum Gasteiger partial charge on any atom is -0.456 e. The summed E-state index contributed by atoms with van der Waals surface area (Å²) in [6.07, 6.45) is 0. The van der Waals surface area contributed by atoms with Gasteiger partial charge in [0.15, 0.2) is 0 Å². The van der Waals surface area contributed by atoms with Crippen LogP contribution in [-0.2, 0) is 9.53 Å². The molecule has 1 rings (SSSR count). The third-order valence-electron chi connectivity index (χ3n) is 1.55. The van der Waals surface area contributed by atoms with Crippen LogP contribution in [0.2, 0.25) is 0 Å². The highest BCUT2D eigenvalue weighted by molar-refractivity contribution is 7.89. The van der Waals surface area contributed by atoms with Crippen LogP contribution >= 0.6 is 11.2 Å². The molecule has 0 aliphatic heterocycles. The highest BCUT2D eigenvalue weighted by atomic mass is 32.1. The van der Waals surface area contributed by atoms with Crippen molar-refractivity contribution in [3.63, 3.8) is 0 Å². The van der Waals surface area contributed by atoms with Crippen LogP contribution in [0.25, 0.3) is 0 Å². The largest absolute Gasteiger partial charge is 0.456 e. The quantitative estimate of drug-likeness (QED) is 0.663. The molecule has 0 fully saturated rings. The number of carbonyl (C=O) groups excluding carboxylic acids is 1. The van der Waals surface area contributed by atoms with E-state index in [1.165, 1.54) is 16.7 Å². The van der Waals surface area contributed by atoms with Crippen molar-refractivity contribution in [2.24, 2.45) is 0 Å². The van der Waals surface area contributed by atoms with Crippen molar-refractivity contribution in [3.8, 4) is 5.18 Å². The van der Waals surface area contributed by atoms with Crippen molar-refractivity contribution in [2.75, 3.05) is 6.61 Å². The lowest BCUT2D eigenvalue weighted by Gasteiger charge is -1.92. The van der Waals surface area contributed by atoms with Crippen LogP contribution < -0.4 is 0 Å². The van der Waals surface area contributed by atoms with E-state index in [9.17, 15) is 4.79 Å². The summed E-state index contributed by atoms with van der Waals surface area (Å²) in [6, 6.07) is 7.89. The van der Waals surface area contributed by atoms with Crippen molar-refractivity contribution >= 4 is 17.1 Å². The van der Waals surface area contributed by atoms with Crippen molar-refractivity contribution < 1.29 is 9.53 Å². The minimum atomic E-state index is -0.405. The molecule has 0 atom stereocenters. The zero-order valence-corrected chi connectivity index (χ0v) is 9.06. The fourth-order valence-corrected chi connectivity index (χ4v) is 1.40. The Morgan fingerprint density at radius 2 is 2.07 bits per heavy atom. The van der Waals surface area contributed by atoms with Crippen LogP contribution in [0, 0.1) is 12.1 Å². The van der Waals surface area contributed by atoms with Gasteiger partial charge in [-0.05, 0) is 26.0 Å². The van der Waals surface area contributed by atoms with Crippen molar-refractivity contribution in [3.05, 3.63) is 29.8 Å². The van der Waals surface area contributed by atoms with Crippen LogP contribution in [-0.4, -0.2) is 12.6 Å². The van der Waals surface area contributed by atoms with Crippen LogP contribution in [0.4, 0.5) is 0 Å². The summed E-state index contributed by atoms with van der Waals surface area (Å²) in [7, 11) is 0. The minimum absolute atomic E-state index is 0.389. The molecule has 0 unspecified atom stereocenters. The number of hydrogen-bond acceptors (Lipinski definition) is 2. The molecule has 0 saturated carbocycles. The molecule has 0 heterocycles. The van der Waals surface area contributed by atoms with Gasteiger partial charge in [0.25, 0.3) is 0 Å². The van der Waals surface area contributed by atoms with Gasteiger partial charge in [-0.15, -0.1) is 0 Å². The normalized spacial score (nSPS) is 9.00. The average molecular weight is 208 g/mol. The molecule has 0 aliphatic carbocycles. The highest BCUT2D eigenvalue weighted by Crippen LogP contribution is 2.09. The summed E-state index contributed by atoms with van der Waals surface area (Å²) in [5.74, 6) is -0.405. The fourth-order valence-electron chi connectivity index (χ4n) is 0.867. The van der Waals surface area contributed by atoms with E-state index in [4.69, 9.17) is 4.74 Å². The fraction of sp³-hybridized carbons (Fsp3) is 0.273. The number of carbonyl (C=O) groups is 1. The monoisotopic (exact) mass is 208 g/mol. The van der Waals surface area contributed by atoms with Crippen LogP contribution in [0.15, 0.2) is 29.2 Å². The van der Waals surface area contributed by atoms with Crippen LogP contribution in [0.1, 0.15) is 12.5 Å². The first-order chi connectivity index (χ1) is 6.72. The van der Waals surface area contributed by atoms with E-state index in [0.717, 1.165) is 4.90 Å². The van der Waals surface area contributed by atoms with Gasteiger partial charge < -0.3 is 4.74 Å². The van der Waals surface area contributed by atoms with Crippen molar-refractivity contribution in [2.45, 2.75) is 18.7 Å². The standard InChI is InChI=1S/C11H12O2S/c1-3-13-11(12)8-14-10-6-4-9(2)5-7-10/h4-7H,3H2,1-2H3. The second-order valence-electron chi connectivity index (χ2n) is 2.74. The van der Waals surface area contributed by atoms with Gasteiger partial charge in [-0.2, -0.15) is 0 Å². The molecule has 0 bridgehead atoms. The van der Waals surface area contributed by atoms with E-state index in [1.54, 1.807) is 6.92 Å². The Hall–Kier alpha value is -1.31. The topological polar surface area (TPSA) is 26.3 Å².